The third kappa shape index (κ3) is 4.40. The third-order valence-electron chi connectivity index (χ3n) is 3.16. The van der Waals surface area contributed by atoms with Gasteiger partial charge in [-0.1, -0.05) is 19.0 Å². The molecule has 2 aromatic heterocycles. The summed E-state index contributed by atoms with van der Waals surface area (Å²) >= 11 is 0. The minimum absolute atomic E-state index is 0.00620. The van der Waals surface area contributed by atoms with Crippen molar-refractivity contribution in [2.45, 2.75) is 46.1 Å². The number of imidazole rings is 1. The number of aromatic nitrogens is 4. The summed E-state index contributed by atoms with van der Waals surface area (Å²) < 4.78 is 7.07. The fourth-order valence-electron chi connectivity index (χ4n) is 1.86. The molecule has 0 fully saturated rings. The van der Waals surface area contributed by atoms with Gasteiger partial charge in [0, 0.05) is 44.2 Å². The maximum atomic E-state index is 11.7. The quantitative estimate of drug-likeness (QED) is 0.834. The average molecular weight is 291 g/mol. The van der Waals surface area contributed by atoms with Crippen LogP contribution in [-0.2, 0) is 17.8 Å². The van der Waals surface area contributed by atoms with Gasteiger partial charge in [-0.25, -0.2) is 4.98 Å². The van der Waals surface area contributed by atoms with Crippen LogP contribution in [0.5, 0.6) is 0 Å². The van der Waals surface area contributed by atoms with Gasteiger partial charge < -0.3 is 14.4 Å². The van der Waals surface area contributed by atoms with Crippen LogP contribution < -0.4 is 5.32 Å². The van der Waals surface area contributed by atoms with Crippen LogP contribution in [0.3, 0.4) is 0 Å². The first-order valence-electron chi connectivity index (χ1n) is 7.13. The third-order valence-corrected chi connectivity index (χ3v) is 3.16. The molecule has 21 heavy (non-hydrogen) atoms. The topological polar surface area (TPSA) is 85.8 Å². The van der Waals surface area contributed by atoms with E-state index in [1.54, 1.807) is 6.20 Å². The Labute approximate surface area is 123 Å². The average Bonchev–Trinajstić information content (AvgIpc) is 3.06. The molecule has 0 bridgehead atoms. The Balaban J connectivity index is 1.68. The number of carbonyl (C=O) groups excluding carboxylic acids is 1. The number of aryl methyl sites for hydroxylation is 2. The molecule has 0 aromatic carbocycles. The molecule has 114 valence electrons. The normalized spacial score (nSPS) is 11.0. The lowest BCUT2D eigenvalue weighted by atomic mass is 10.2. The van der Waals surface area contributed by atoms with Gasteiger partial charge in [-0.15, -0.1) is 0 Å². The predicted molar refractivity (Wildman–Crippen MR) is 76.7 cm³/mol. The second-order valence-electron chi connectivity index (χ2n) is 5.22. The van der Waals surface area contributed by atoms with Crippen molar-refractivity contribution in [3.8, 4) is 0 Å². The molecule has 0 spiro atoms. The van der Waals surface area contributed by atoms with Crippen molar-refractivity contribution in [3.63, 3.8) is 0 Å². The highest BCUT2D eigenvalue weighted by atomic mass is 16.5. The molecular weight excluding hydrogens is 270 g/mol. The highest BCUT2D eigenvalue weighted by Crippen LogP contribution is 2.09. The SMILES string of the molecule is Cc1nccn1CCC(=O)NCCc1nc(C(C)C)no1. The van der Waals surface area contributed by atoms with Gasteiger partial charge in [0.05, 0.1) is 0 Å². The van der Waals surface area contributed by atoms with Crippen LogP contribution in [0.25, 0.3) is 0 Å². The van der Waals surface area contributed by atoms with E-state index >= 15 is 0 Å². The Morgan fingerprint density at radius 2 is 2.29 bits per heavy atom. The van der Waals surface area contributed by atoms with E-state index in [4.69, 9.17) is 4.52 Å². The van der Waals surface area contributed by atoms with E-state index in [2.05, 4.69) is 20.4 Å². The number of carbonyl (C=O) groups is 1. The summed E-state index contributed by atoms with van der Waals surface area (Å²) in [6.07, 6.45) is 4.58. The summed E-state index contributed by atoms with van der Waals surface area (Å²) in [7, 11) is 0. The summed E-state index contributed by atoms with van der Waals surface area (Å²) in [5.41, 5.74) is 0. The maximum absolute atomic E-state index is 11.7. The number of rotatable bonds is 7. The molecule has 0 aliphatic rings. The Morgan fingerprint density at radius 1 is 1.48 bits per heavy atom. The fourth-order valence-corrected chi connectivity index (χ4v) is 1.86. The zero-order valence-corrected chi connectivity index (χ0v) is 12.7. The number of amides is 1. The Morgan fingerprint density at radius 3 is 2.90 bits per heavy atom. The maximum Gasteiger partial charge on any atom is 0.228 e. The van der Waals surface area contributed by atoms with Gasteiger partial charge in [0.1, 0.15) is 5.82 Å². The standard InChI is InChI=1S/C14H21N5O2/c1-10(2)14-17-13(21-18-14)4-6-16-12(20)5-8-19-9-7-15-11(19)3/h7,9-10H,4-6,8H2,1-3H3,(H,16,20). The molecule has 0 saturated heterocycles. The van der Waals surface area contributed by atoms with E-state index in [1.165, 1.54) is 0 Å². The van der Waals surface area contributed by atoms with E-state index in [-0.39, 0.29) is 11.8 Å². The van der Waals surface area contributed by atoms with Crippen molar-refractivity contribution >= 4 is 5.91 Å². The van der Waals surface area contributed by atoms with Gasteiger partial charge in [0.2, 0.25) is 11.8 Å². The summed E-state index contributed by atoms with van der Waals surface area (Å²) in [4.78, 5) is 20.1. The second-order valence-corrected chi connectivity index (χ2v) is 5.22. The number of nitrogens with one attached hydrogen (secondary N) is 1. The van der Waals surface area contributed by atoms with Gasteiger partial charge in [0.25, 0.3) is 0 Å². The molecule has 7 nitrogen and oxygen atoms in total. The van der Waals surface area contributed by atoms with Crippen LogP contribution in [0.4, 0.5) is 0 Å². The molecule has 0 atom stereocenters. The molecule has 2 heterocycles. The molecule has 0 aliphatic heterocycles. The van der Waals surface area contributed by atoms with Crippen LogP contribution in [-0.4, -0.2) is 32.1 Å². The summed E-state index contributed by atoms with van der Waals surface area (Å²) in [6.45, 7) is 7.07. The highest BCUT2D eigenvalue weighted by Gasteiger charge is 2.10. The van der Waals surface area contributed by atoms with Crippen molar-refractivity contribution in [2.75, 3.05) is 6.54 Å². The van der Waals surface area contributed by atoms with Crippen LogP contribution >= 0.6 is 0 Å². The van der Waals surface area contributed by atoms with E-state index in [9.17, 15) is 4.79 Å². The monoisotopic (exact) mass is 291 g/mol. The van der Waals surface area contributed by atoms with Crippen molar-refractivity contribution in [1.29, 1.82) is 0 Å². The van der Waals surface area contributed by atoms with Gasteiger partial charge in [-0.05, 0) is 6.92 Å². The molecule has 2 aromatic rings. The number of hydrogen-bond acceptors (Lipinski definition) is 5. The van der Waals surface area contributed by atoms with E-state index in [1.807, 2.05) is 31.5 Å². The molecule has 0 unspecified atom stereocenters. The first kappa shape index (κ1) is 15.2. The van der Waals surface area contributed by atoms with Crippen LogP contribution in [0.2, 0.25) is 0 Å². The Bertz CT molecular complexity index is 588. The second kappa shape index (κ2) is 7.01. The largest absolute Gasteiger partial charge is 0.356 e. The van der Waals surface area contributed by atoms with E-state index in [0.717, 1.165) is 5.82 Å². The van der Waals surface area contributed by atoms with Crippen molar-refractivity contribution < 1.29 is 9.32 Å². The lowest BCUT2D eigenvalue weighted by molar-refractivity contribution is -0.121. The molecule has 0 radical (unpaired) electrons. The van der Waals surface area contributed by atoms with Gasteiger partial charge in [-0.2, -0.15) is 4.98 Å². The van der Waals surface area contributed by atoms with Gasteiger partial charge in [0.15, 0.2) is 5.82 Å². The smallest absolute Gasteiger partial charge is 0.228 e. The Kier molecular flexibility index (Phi) is 5.08. The van der Waals surface area contributed by atoms with Gasteiger partial charge in [-0.3, -0.25) is 4.79 Å². The zero-order chi connectivity index (χ0) is 15.2. The molecule has 0 saturated carbocycles. The summed E-state index contributed by atoms with van der Waals surface area (Å²) in [5, 5.41) is 6.74. The molecule has 0 aliphatic carbocycles. The molecule has 1 N–H and O–H groups in total. The molecular formula is C14H21N5O2. The predicted octanol–water partition coefficient (Wildman–Crippen LogP) is 1.45. The van der Waals surface area contributed by atoms with Crippen LogP contribution in [0, 0.1) is 6.92 Å². The number of nitrogens with zero attached hydrogens (tertiary/aromatic N) is 4. The van der Waals surface area contributed by atoms with E-state index in [0.29, 0.717) is 37.6 Å². The summed E-state index contributed by atoms with van der Waals surface area (Å²) in [6, 6.07) is 0. The highest BCUT2D eigenvalue weighted by molar-refractivity contribution is 5.75. The van der Waals surface area contributed by atoms with Gasteiger partial charge >= 0.3 is 0 Å². The summed E-state index contributed by atoms with van der Waals surface area (Å²) in [5.74, 6) is 2.42. The van der Waals surface area contributed by atoms with E-state index < -0.39 is 0 Å². The molecule has 7 heteroatoms. The van der Waals surface area contributed by atoms with Crippen molar-refractivity contribution in [1.82, 2.24) is 25.0 Å². The van der Waals surface area contributed by atoms with Crippen molar-refractivity contribution in [2.24, 2.45) is 0 Å². The van der Waals surface area contributed by atoms with Crippen LogP contribution in [0.15, 0.2) is 16.9 Å². The van der Waals surface area contributed by atoms with Crippen LogP contribution in [0.1, 0.15) is 43.7 Å². The molecule has 1 amide bonds. The number of hydrogen-bond donors (Lipinski definition) is 1. The minimum Gasteiger partial charge on any atom is -0.356 e. The zero-order valence-electron chi connectivity index (χ0n) is 12.7. The Hall–Kier alpha value is -2.18. The first-order chi connectivity index (χ1) is 10.1. The fraction of sp³-hybridized carbons (Fsp3) is 0.571. The molecule has 2 rings (SSSR count). The lowest BCUT2D eigenvalue weighted by Gasteiger charge is -2.05. The lowest BCUT2D eigenvalue weighted by Crippen LogP contribution is -2.26. The first-order valence-corrected chi connectivity index (χ1v) is 7.13. The minimum atomic E-state index is 0.00620. The van der Waals surface area contributed by atoms with Crippen molar-refractivity contribution in [3.05, 3.63) is 29.9 Å².